The summed E-state index contributed by atoms with van der Waals surface area (Å²) in [4.78, 5) is 23.4. The van der Waals surface area contributed by atoms with Crippen molar-refractivity contribution in [1.82, 2.24) is 25.1 Å². The first-order chi connectivity index (χ1) is 12.2. The Morgan fingerprint density at radius 2 is 2.32 bits per heavy atom. The monoisotopic (exact) mass is 355 g/mol. The van der Waals surface area contributed by atoms with Gasteiger partial charge in [0.25, 0.3) is 11.8 Å². The van der Waals surface area contributed by atoms with E-state index in [1.54, 1.807) is 6.20 Å². The predicted molar refractivity (Wildman–Crippen MR) is 92.3 cm³/mol. The Labute approximate surface area is 148 Å². The van der Waals surface area contributed by atoms with Crippen LogP contribution in [0.2, 0.25) is 0 Å². The summed E-state index contributed by atoms with van der Waals surface area (Å²) in [5.74, 6) is 1.13. The van der Waals surface area contributed by atoms with Crippen LogP contribution in [-0.2, 0) is 0 Å². The van der Waals surface area contributed by atoms with Crippen molar-refractivity contribution in [3.63, 3.8) is 0 Å². The van der Waals surface area contributed by atoms with Crippen LogP contribution in [0.5, 0.6) is 0 Å². The van der Waals surface area contributed by atoms with E-state index in [1.165, 1.54) is 17.7 Å². The number of hydrogen-bond acceptors (Lipinski definition) is 7. The average Bonchev–Trinajstić information content (AvgIpc) is 3.34. The van der Waals surface area contributed by atoms with Gasteiger partial charge in [0, 0.05) is 19.3 Å². The van der Waals surface area contributed by atoms with Gasteiger partial charge in [-0.25, -0.2) is 9.97 Å². The quantitative estimate of drug-likeness (QED) is 0.718. The van der Waals surface area contributed by atoms with Gasteiger partial charge in [-0.2, -0.15) is 0 Å². The van der Waals surface area contributed by atoms with Crippen LogP contribution in [0.25, 0.3) is 11.5 Å². The summed E-state index contributed by atoms with van der Waals surface area (Å²) in [6.07, 6.45) is 5.02. The molecular weight excluding hydrogens is 338 g/mol. The number of hydrogen-bond donors (Lipinski definition) is 0. The predicted octanol–water partition coefficient (Wildman–Crippen LogP) is 2.92. The first kappa shape index (κ1) is 15.9. The Morgan fingerprint density at radius 3 is 3.12 bits per heavy atom. The summed E-state index contributed by atoms with van der Waals surface area (Å²) < 4.78 is 5.87. The van der Waals surface area contributed by atoms with Crippen LogP contribution in [0, 0.1) is 6.92 Å². The fraction of sp³-hybridized carbons (Fsp3) is 0.353. The van der Waals surface area contributed by atoms with E-state index in [1.807, 2.05) is 29.3 Å². The minimum atomic E-state index is 0.0591. The topological polar surface area (TPSA) is 85.0 Å². The van der Waals surface area contributed by atoms with E-state index in [0.717, 1.165) is 35.5 Å². The van der Waals surface area contributed by atoms with Crippen LogP contribution in [0.1, 0.15) is 40.0 Å². The average molecular weight is 355 g/mol. The Bertz CT molecular complexity index is 877. The minimum absolute atomic E-state index is 0.0591. The molecule has 0 N–H and O–H groups in total. The molecule has 1 aliphatic heterocycles. The molecule has 1 amide bonds. The fourth-order valence-corrected chi connectivity index (χ4v) is 3.72. The molecule has 3 aromatic rings. The summed E-state index contributed by atoms with van der Waals surface area (Å²) in [7, 11) is 0. The summed E-state index contributed by atoms with van der Waals surface area (Å²) in [6, 6.07) is 3.76. The molecule has 4 rings (SSSR count). The molecular formula is C17H17N5O2S. The molecule has 128 valence electrons. The van der Waals surface area contributed by atoms with Crippen LogP contribution < -0.4 is 0 Å². The second kappa shape index (κ2) is 6.72. The van der Waals surface area contributed by atoms with Crippen molar-refractivity contribution >= 4 is 17.2 Å². The maximum absolute atomic E-state index is 12.6. The van der Waals surface area contributed by atoms with Gasteiger partial charge in [-0.1, -0.05) is 6.07 Å². The Hall–Kier alpha value is -2.61. The molecule has 3 aromatic heterocycles. The maximum Gasteiger partial charge on any atom is 0.263 e. The van der Waals surface area contributed by atoms with Gasteiger partial charge >= 0.3 is 0 Å². The molecule has 1 saturated heterocycles. The van der Waals surface area contributed by atoms with E-state index in [0.29, 0.717) is 18.3 Å². The summed E-state index contributed by atoms with van der Waals surface area (Å²) >= 11 is 1.47. The van der Waals surface area contributed by atoms with E-state index in [9.17, 15) is 4.79 Å². The third-order valence-corrected chi connectivity index (χ3v) is 5.23. The first-order valence-electron chi connectivity index (χ1n) is 8.15. The Balaban J connectivity index is 1.52. The maximum atomic E-state index is 12.6. The number of aryl methyl sites for hydroxylation is 1. The smallest absolute Gasteiger partial charge is 0.263 e. The third-order valence-electron chi connectivity index (χ3n) is 4.37. The van der Waals surface area contributed by atoms with Crippen LogP contribution in [0.4, 0.5) is 0 Å². The van der Waals surface area contributed by atoms with Crippen LogP contribution >= 0.6 is 11.3 Å². The van der Waals surface area contributed by atoms with Crippen LogP contribution in [-0.4, -0.2) is 44.1 Å². The number of likely N-dealkylation sites (tertiary alicyclic amines) is 1. The molecule has 0 unspecified atom stereocenters. The van der Waals surface area contributed by atoms with Gasteiger partial charge in [0.1, 0.15) is 6.33 Å². The van der Waals surface area contributed by atoms with Crippen molar-refractivity contribution in [2.24, 2.45) is 0 Å². The fourth-order valence-electron chi connectivity index (χ4n) is 3.03. The molecule has 0 aliphatic carbocycles. The van der Waals surface area contributed by atoms with E-state index >= 15 is 0 Å². The van der Waals surface area contributed by atoms with Crippen molar-refractivity contribution in [3.8, 4) is 11.5 Å². The molecule has 25 heavy (non-hydrogen) atoms. The second-order valence-electron chi connectivity index (χ2n) is 6.03. The van der Waals surface area contributed by atoms with E-state index < -0.39 is 0 Å². The largest absolute Gasteiger partial charge is 0.420 e. The molecule has 0 aromatic carbocycles. The SMILES string of the molecule is Cc1ncncc1-c1nnc([C@@H]2CCCN(C(=O)c3cccs3)C2)o1. The first-order valence-corrected chi connectivity index (χ1v) is 9.03. The van der Waals surface area contributed by atoms with E-state index in [4.69, 9.17) is 4.42 Å². The number of thiophene rings is 1. The number of rotatable bonds is 3. The molecule has 0 bridgehead atoms. The highest BCUT2D eigenvalue weighted by Gasteiger charge is 2.29. The van der Waals surface area contributed by atoms with E-state index in [2.05, 4.69) is 20.2 Å². The van der Waals surface area contributed by atoms with Gasteiger partial charge < -0.3 is 9.32 Å². The lowest BCUT2D eigenvalue weighted by molar-refractivity contribution is 0.0703. The highest BCUT2D eigenvalue weighted by atomic mass is 32.1. The summed E-state index contributed by atoms with van der Waals surface area (Å²) in [5, 5.41) is 10.3. The lowest BCUT2D eigenvalue weighted by atomic mass is 9.98. The van der Waals surface area contributed by atoms with Gasteiger partial charge in [-0.15, -0.1) is 21.5 Å². The van der Waals surface area contributed by atoms with Crippen molar-refractivity contribution in [1.29, 1.82) is 0 Å². The number of carbonyl (C=O) groups is 1. The standard InChI is InChI=1S/C17H17N5O2S/c1-11-13(8-18-10-19-11)16-21-20-15(24-16)12-4-2-6-22(9-12)17(23)14-5-3-7-25-14/h3,5,7-8,10,12H,2,4,6,9H2,1H3/t12-/m1/s1. The van der Waals surface area contributed by atoms with Gasteiger partial charge in [0.15, 0.2) is 0 Å². The lowest BCUT2D eigenvalue weighted by Gasteiger charge is -2.30. The van der Waals surface area contributed by atoms with Crippen molar-refractivity contribution in [2.45, 2.75) is 25.7 Å². The third kappa shape index (κ3) is 3.17. The lowest BCUT2D eigenvalue weighted by Crippen LogP contribution is -2.38. The molecule has 0 saturated carbocycles. The van der Waals surface area contributed by atoms with Crippen molar-refractivity contribution in [3.05, 3.63) is 46.5 Å². The number of amides is 1. The molecule has 4 heterocycles. The second-order valence-corrected chi connectivity index (χ2v) is 6.98. The molecule has 1 fully saturated rings. The number of nitrogens with zero attached hydrogens (tertiary/aromatic N) is 5. The van der Waals surface area contributed by atoms with Crippen LogP contribution in [0.3, 0.4) is 0 Å². The van der Waals surface area contributed by atoms with Crippen molar-refractivity contribution < 1.29 is 9.21 Å². The van der Waals surface area contributed by atoms with Gasteiger partial charge in [0.05, 0.1) is 22.1 Å². The van der Waals surface area contributed by atoms with Crippen LogP contribution in [0.15, 0.2) is 34.5 Å². The Morgan fingerprint density at radius 1 is 1.40 bits per heavy atom. The summed E-state index contributed by atoms with van der Waals surface area (Å²) in [5.41, 5.74) is 1.53. The molecule has 1 atom stereocenters. The van der Waals surface area contributed by atoms with Gasteiger partial charge in [0.2, 0.25) is 5.89 Å². The zero-order valence-electron chi connectivity index (χ0n) is 13.8. The zero-order chi connectivity index (χ0) is 17.2. The number of carbonyl (C=O) groups excluding carboxylic acids is 1. The molecule has 1 aliphatic rings. The minimum Gasteiger partial charge on any atom is -0.420 e. The number of piperidine rings is 1. The molecule has 8 heteroatoms. The zero-order valence-corrected chi connectivity index (χ0v) is 14.6. The highest BCUT2D eigenvalue weighted by molar-refractivity contribution is 7.12. The molecule has 0 spiro atoms. The normalized spacial score (nSPS) is 17.6. The Kier molecular flexibility index (Phi) is 4.27. The van der Waals surface area contributed by atoms with Crippen molar-refractivity contribution in [2.75, 3.05) is 13.1 Å². The summed E-state index contributed by atoms with van der Waals surface area (Å²) in [6.45, 7) is 3.24. The van der Waals surface area contributed by atoms with Gasteiger partial charge in [-0.3, -0.25) is 4.79 Å². The molecule has 0 radical (unpaired) electrons. The highest BCUT2D eigenvalue weighted by Crippen LogP contribution is 2.29. The van der Waals surface area contributed by atoms with E-state index in [-0.39, 0.29) is 11.8 Å². The van der Waals surface area contributed by atoms with Gasteiger partial charge in [-0.05, 0) is 31.2 Å². The molecule has 7 nitrogen and oxygen atoms in total. The number of aromatic nitrogens is 4.